The molecule has 30 heavy (non-hydrogen) atoms. The number of Topliss-reactive ketones (excluding diaryl/α,β-unsaturated/α-hetero) is 1. The Hall–Kier alpha value is -3.55. The van der Waals surface area contributed by atoms with Crippen molar-refractivity contribution in [2.75, 3.05) is 11.4 Å². The van der Waals surface area contributed by atoms with Gasteiger partial charge in [-0.15, -0.1) is 0 Å². The molecule has 5 heterocycles. The van der Waals surface area contributed by atoms with Gasteiger partial charge in [0.05, 0.1) is 35.6 Å². The number of carbonyl (C=O) groups is 1. The van der Waals surface area contributed by atoms with Crippen molar-refractivity contribution < 1.29 is 4.79 Å². The minimum Gasteiger partial charge on any atom is -0.348 e. The predicted octanol–water partition coefficient (Wildman–Crippen LogP) is 2.90. The van der Waals surface area contributed by atoms with Gasteiger partial charge in [0.2, 0.25) is 0 Å². The molecule has 8 heteroatoms. The number of aromatic nitrogens is 6. The van der Waals surface area contributed by atoms with Gasteiger partial charge in [-0.25, -0.2) is 19.5 Å². The molecule has 1 aliphatic carbocycles. The molecule has 150 valence electrons. The quantitative estimate of drug-likeness (QED) is 0.531. The maximum atomic E-state index is 12.3. The number of hydrogen-bond donors (Lipinski definition) is 1. The minimum atomic E-state index is -0.168. The molecule has 8 nitrogen and oxygen atoms in total. The van der Waals surface area contributed by atoms with Crippen LogP contribution >= 0.6 is 0 Å². The molecule has 0 bridgehead atoms. The zero-order valence-electron chi connectivity index (χ0n) is 16.6. The second kappa shape index (κ2) is 6.48. The molecule has 1 aliphatic heterocycles. The van der Waals surface area contributed by atoms with Crippen LogP contribution in [0.5, 0.6) is 0 Å². The van der Waals surface area contributed by atoms with E-state index in [1.165, 1.54) is 5.56 Å². The number of H-pyrrole nitrogens is 1. The third kappa shape index (κ3) is 2.71. The fourth-order valence-electron chi connectivity index (χ4n) is 4.28. The van der Waals surface area contributed by atoms with Gasteiger partial charge < -0.3 is 9.88 Å². The third-order valence-electron chi connectivity index (χ3n) is 6.07. The van der Waals surface area contributed by atoms with E-state index in [2.05, 4.69) is 43.9 Å². The highest BCUT2D eigenvalue weighted by Gasteiger charge is 2.35. The highest BCUT2D eigenvalue weighted by atomic mass is 16.1. The number of aryl methyl sites for hydroxylation is 1. The van der Waals surface area contributed by atoms with Crippen LogP contribution in [-0.4, -0.2) is 41.9 Å². The Morgan fingerprint density at radius 3 is 2.87 bits per heavy atom. The number of carbonyl (C=O) groups excluding carboxylic acids is 1. The van der Waals surface area contributed by atoms with Crippen molar-refractivity contribution in [3.05, 3.63) is 71.5 Å². The van der Waals surface area contributed by atoms with E-state index < -0.39 is 0 Å². The lowest BCUT2D eigenvalue weighted by molar-refractivity contribution is 0.0962. The smallest absolute Gasteiger partial charge is 0.185 e. The van der Waals surface area contributed by atoms with E-state index in [1.54, 1.807) is 18.7 Å². The van der Waals surface area contributed by atoms with Crippen molar-refractivity contribution in [1.82, 2.24) is 29.5 Å². The Balaban J connectivity index is 1.42. The molecule has 0 unspecified atom stereocenters. The standard InChI is InChI=1S/C22H21N7O/c1-13-3-2-7-29-18(13)9-16(27-29)21-20-15(25-12-26-20)6-8-28(21)19-11-23-17(10-24-19)22(30)14-4-5-14/h2-3,7,9-12,14,21H,4-6,8H2,1H3,(H,25,26)/t21-/m1/s1. The van der Waals surface area contributed by atoms with Gasteiger partial charge in [0.25, 0.3) is 0 Å². The first kappa shape index (κ1) is 17.3. The molecule has 0 radical (unpaired) electrons. The van der Waals surface area contributed by atoms with Crippen molar-refractivity contribution >= 4 is 17.1 Å². The van der Waals surface area contributed by atoms with Gasteiger partial charge >= 0.3 is 0 Å². The summed E-state index contributed by atoms with van der Waals surface area (Å²) in [7, 11) is 0. The molecule has 1 fully saturated rings. The molecule has 0 aromatic carbocycles. The van der Waals surface area contributed by atoms with Gasteiger partial charge in [0, 0.05) is 30.8 Å². The Bertz CT molecular complexity index is 1250. The molecule has 4 aromatic rings. The lowest BCUT2D eigenvalue weighted by Crippen LogP contribution is -2.37. The van der Waals surface area contributed by atoms with Crippen LogP contribution < -0.4 is 4.90 Å². The number of ketones is 1. The van der Waals surface area contributed by atoms with E-state index in [-0.39, 0.29) is 17.7 Å². The SMILES string of the molecule is Cc1cccn2nc([C@@H]3c4nc[nH]c4CCN3c3cnc(C(=O)C4CC4)cn3)cc12. The Morgan fingerprint density at radius 1 is 1.20 bits per heavy atom. The maximum Gasteiger partial charge on any atom is 0.185 e. The summed E-state index contributed by atoms with van der Waals surface area (Å²) in [5, 5.41) is 4.85. The molecular formula is C22H21N7O. The molecule has 0 spiro atoms. The van der Waals surface area contributed by atoms with Crippen LogP contribution in [0.15, 0.2) is 43.1 Å². The van der Waals surface area contributed by atoms with Gasteiger partial charge in [-0.2, -0.15) is 5.10 Å². The van der Waals surface area contributed by atoms with Crippen molar-refractivity contribution in [1.29, 1.82) is 0 Å². The molecule has 1 N–H and O–H groups in total. The zero-order chi connectivity index (χ0) is 20.2. The van der Waals surface area contributed by atoms with Crippen LogP contribution in [-0.2, 0) is 6.42 Å². The number of anilines is 1. The maximum absolute atomic E-state index is 12.3. The lowest BCUT2D eigenvalue weighted by Gasteiger charge is -2.34. The first-order valence-electron chi connectivity index (χ1n) is 10.3. The van der Waals surface area contributed by atoms with Gasteiger partial charge in [-0.1, -0.05) is 6.07 Å². The number of nitrogens with one attached hydrogen (secondary N) is 1. The summed E-state index contributed by atoms with van der Waals surface area (Å²) in [6, 6.07) is 6.03. The van der Waals surface area contributed by atoms with E-state index >= 15 is 0 Å². The summed E-state index contributed by atoms with van der Waals surface area (Å²) in [4.78, 5) is 31.4. The molecule has 2 aliphatic rings. The summed E-state index contributed by atoms with van der Waals surface area (Å²) >= 11 is 0. The number of pyridine rings is 1. The second-order valence-corrected chi connectivity index (χ2v) is 8.10. The molecule has 1 atom stereocenters. The fourth-order valence-corrected chi connectivity index (χ4v) is 4.28. The first-order valence-corrected chi connectivity index (χ1v) is 10.3. The topological polar surface area (TPSA) is 92.1 Å². The lowest BCUT2D eigenvalue weighted by atomic mass is 9.99. The predicted molar refractivity (Wildman–Crippen MR) is 110 cm³/mol. The largest absolute Gasteiger partial charge is 0.348 e. The van der Waals surface area contributed by atoms with E-state index in [0.717, 1.165) is 54.2 Å². The Morgan fingerprint density at radius 2 is 2.10 bits per heavy atom. The summed E-state index contributed by atoms with van der Waals surface area (Å²) in [6.07, 6.45) is 9.79. The third-order valence-corrected chi connectivity index (χ3v) is 6.07. The number of aromatic amines is 1. The highest BCUT2D eigenvalue weighted by molar-refractivity contribution is 5.97. The number of rotatable bonds is 4. The van der Waals surface area contributed by atoms with Gasteiger partial charge in [0.15, 0.2) is 5.78 Å². The zero-order valence-corrected chi connectivity index (χ0v) is 16.6. The monoisotopic (exact) mass is 399 g/mol. The number of fused-ring (bicyclic) bond motifs is 2. The van der Waals surface area contributed by atoms with Gasteiger partial charge in [-0.05, 0) is 37.5 Å². The number of nitrogens with zero attached hydrogens (tertiary/aromatic N) is 6. The van der Waals surface area contributed by atoms with Gasteiger partial charge in [0.1, 0.15) is 17.6 Å². The molecule has 0 amide bonds. The average molecular weight is 399 g/mol. The van der Waals surface area contributed by atoms with Crippen LogP contribution in [0.3, 0.4) is 0 Å². The molecule has 4 aromatic heterocycles. The molecular weight excluding hydrogens is 378 g/mol. The van der Waals surface area contributed by atoms with Crippen molar-refractivity contribution in [2.24, 2.45) is 5.92 Å². The van der Waals surface area contributed by atoms with Crippen LogP contribution in [0.4, 0.5) is 5.82 Å². The summed E-state index contributed by atoms with van der Waals surface area (Å²) < 4.78 is 1.91. The molecule has 1 saturated carbocycles. The van der Waals surface area contributed by atoms with Crippen LogP contribution in [0.2, 0.25) is 0 Å². The fraction of sp³-hybridized carbons (Fsp3) is 0.318. The van der Waals surface area contributed by atoms with Crippen LogP contribution in [0, 0.1) is 12.8 Å². The summed E-state index contributed by atoms with van der Waals surface area (Å²) in [6.45, 7) is 2.85. The second-order valence-electron chi connectivity index (χ2n) is 8.10. The number of imidazole rings is 1. The average Bonchev–Trinajstić information content (AvgIpc) is 3.34. The minimum absolute atomic E-state index is 0.106. The van der Waals surface area contributed by atoms with Crippen molar-refractivity contribution in [3.63, 3.8) is 0 Å². The highest BCUT2D eigenvalue weighted by Crippen LogP contribution is 2.36. The van der Waals surface area contributed by atoms with Crippen LogP contribution in [0.25, 0.3) is 5.52 Å². The van der Waals surface area contributed by atoms with E-state index in [4.69, 9.17) is 5.10 Å². The number of hydrogen-bond acceptors (Lipinski definition) is 6. The Labute approximate surface area is 173 Å². The van der Waals surface area contributed by atoms with Crippen molar-refractivity contribution in [3.8, 4) is 0 Å². The molecule has 0 saturated heterocycles. The normalized spacial score (nSPS) is 18.6. The first-order chi connectivity index (χ1) is 14.7. The summed E-state index contributed by atoms with van der Waals surface area (Å²) in [5.41, 5.74) is 5.70. The van der Waals surface area contributed by atoms with Crippen LogP contribution in [0.1, 0.15) is 52.0 Å². The Kier molecular flexibility index (Phi) is 3.74. The van der Waals surface area contributed by atoms with E-state index in [1.807, 2.05) is 16.8 Å². The van der Waals surface area contributed by atoms with Crippen molar-refractivity contribution in [2.45, 2.75) is 32.2 Å². The summed E-state index contributed by atoms with van der Waals surface area (Å²) in [5.74, 6) is 0.977. The van der Waals surface area contributed by atoms with E-state index in [9.17, 15) is 4.79 Å². The van der Waals surface area contributed by atoms with Gasteiger partial charge in [-0.3, -0.25) is 4.79 Å². The van der Waals surface area contributed by atoms with E-state index in [0.29, 0.717) is 5.69 Å². The molecule has 6 rings (SSSR count).